The normalized spacial score (nSPS) is 11.8. The lowest BCUT2D eigenvalue weighted by Crippen LogP contribution is -2.28. The van der Waals surface area contributed by atoms with Crippen LogP contribution in [0.2, 0.25) is 0 Å². The number of aryl methyl sites for hydroxylation is 2. The van der Waals surface area contributed by atoms with E-state index < -0.39 is 0 Å². The summed E-state index contributed by atoms with van der Waals surface area (Å²) in [5.74, 6) is 0.821. The van der Waals surface area contributed by atoms with Gasteiger partial charge in [-0.2, -0.15) is 0 Å². The Labute approximate surface area is 144 Å². The second-order valence-corrected chi connectivity index (χ2v) is 5.94. The molecule has 0 aliphatic carbocycles. The second kappa shape index (κ2) is 7.56. The first kappa shape index (κ1) is 18.1. The van der Waals surface area contributed by atoms with E-state index in [1.54, 1.807) is 17.2 Å². The number of fused-ring (bicyclic) bond motifs is 1. The predicted molar refractivity (Wildman–Crippen MR) is 98.4 cm³/mol. The van der Waals surface area contributed by atoms with Gasteiger partial charge >= 0.3 is 0 Å². The number of ether oxygens (including phenoxy) is 1. The van der Waals surface area contributed by atoms with Crippen LogP contribution in [-0.4, -0.2) is 30.5 Å². The summed E-state index contributed by atoms with van der Waals surface area (Å²) in [6.45, 7) is 13.9. The number of carbonyl (C=O) groups is 1. The van der Waals surface area contributed by atoms with Crippen LogP contribution in [0.3, 0.4) is 0 Å². The van der Waals surface area contributed by atoms with Crippen molar-refractivity contribution in [3.05, 3.63) is 35.1 Å². The topological polar surface area (TPSA) is 42.7 Å². The van der Waals surface area contributed by atoms with Crippen LogP contribution in [0, 0.1) is 13.8 Å². The number of allylic oxidation sites excluding steroid dienone is 1. The Kier molecular flexibility index (Phi) is 5.71. The molecule has 1 aromatic carbocycles. The number of hydrogen-bond acceptors (Lipinski definition) is 3. The maximum absolute atomic E-state index is 12.4. The molecular weight excluding hydrogens is 302 g/mol. The van der Waals surface area contributed by atoms with E-state index in [0.717, 1.165) is 39.0 Å². The van der Waals surface area contributed by atoms with E-state index in [2.05, 4.69) is 6.07 Å². The van der Waals surface area contributed by atoms with Gasteiger partial charge in [0, 0.05) is 35.7 Å². The molecule has 130 valence electrons. The highest BCUT2D eigenvalue weighted by molar-refractivity contribution is 5.98. The molecule has 0 aliphatic rings. The molecule has 2 aromatic rings. The highest BCUT2D eigenvalue weighted by atomic mass is 16.5. The highest BCUT2D eigenvalue weighted by Gasteiger charge is 2.17. The average Bonchev–Trinajstić information content (AvgIpc) is 2.92. The fourth-order valence-electron chi connectivity index (χ4n) is 2.95. The highest BCUT2D eigenvalue weighted by Crippen LogP contribution is 2.37. The lowest BCUT2D eigenvalue weighted by molar-refractivity contribution is -0.125. The molecule has 0 aliphatic heterocycles. The largest absolute Gasteiger partial charge is 0.493 e. The van der Waals surface area contributed by atoms with Crippen molar-refractivity contribution in [2.75, 3.05) is 19.7 Å². The molecule has 4 heteroatoms. The molecule has 2 rings (SSSR count). The third kappa shape index (κ3) is 3.32. The van der Waals surface area contributed by atoms with Crippen LogP contribution < -0.4 is 4.74 Å². The van der Waals surface area contributed by atoms with Crippen molar-refractivity contribution in [1.82, 2.24) is 4.90 Å². The van der Waals surface area contributed by atoms with Crippen molar-refractivity contribution < 1.29 is 13.9 Å². The summed E-state index contributed by atoms with van der Waals surface area (Å²) in [6, 6.07) is 2.06. The molecule has 0 saturated carbocycles. The number of furan rings is 1. The van der Waals surface area contributed by atoms with Gasteiger partial charge in [-0.1, -0.05) is 0 Å². The minimum atomic E-state index is 0.0293. The number of likely N-dealkylation sites (N-methyl/N-ethyl adjacent to an activating group) is 1. The van der Waals surface area contributed by atoms with Crippen LogP contribution >= 0.6 is 0 Å². The fourth-order valence-corrected chi connectivity index (χ4v) is 2.95. The summed E-state index contributed by atoms with van der Waals surface area (Å²) in [5, 5.41) is 1.06. The van der Waals surface area contributed by atoms with Gasteiger partial charge in [-0.05, 0) is 58.7 Å². The number of amides is 1. The molecule has 0 bridgehead atoms. The summed E-state index contributed by atoms with van der Waals surface area (Å²) >= 11 is 0. The van der Waals surface area contributed by atoms with E-state index in [-0.39, 0.29) is 5.91 Å². The van der Waals surface area contributed by atoms with Gasteiger partial charge in [0.15, 0.2) is 0 Å². The first-order valence-electron chi connectivity index (χ1n) is 8.56. The van der Waals surface area contributed by atoms with Crippen LogP contribution in [0.1, 0.15) is 44.4 Å². The molecule has 0 unspecified atom stereocenters. The van der Waals surface area contributed by atoms with Crippen LogP contribution in [0.15, 0.2) is 22.8 Å². The SMILES string of the molecule is CCOc1c(/C(C)=C/C(=O)N(CC)CC)cc2c(C)coc2c1C. The van der Waals surface area contributed by atoms with E-state index >= 15 is 0 Å². The molecule has 1 aromatic heterocycles. The summed E-state index contributed by atoms with van der Waals surface area (Å²) in [6.07, 6.45) is 3.46. The van der Waals surface area contributed by atoms with Crippen molar-refractivity contribution in [3.8, 4) is 5.75 Å². The van der Waals surface area contributed by atoms with Crippen LogP contribution in [0.4, 0.5) is 0 Å². The summed E-state index contributed by atoms with van der Waals surface area (Å²) in [4.78, 5) is 14.2. The van der Waals surface area contributed by atoms with Gasteiger partial charge in [0.05, 0.1) is 12.9 Å². The Bertz CT molecular complexity index is 767. The molecular formula is C20H27NO3. The Morgan fingerprint density at radius 3 is 2.50 bits per heavy atom. The Morgan fingerprint density at radius 2 is 1.92 bits per heavy atom. The number of nitrogens with zero attached hydrogens (tertiary/aromatic N) is 1. The smallest absolute Gasteiger partial charge is 0.246 e. The van der Waals surface area contributed by atoms with E-state index in [4.69, 9.17) is 9.15 Å². The van der Waals surface area contributed by atoms with E-state index in [0.29, 0.717) is 19.7 Å². The lowest BCUT2D eigenvalue weighted by Gasteiger charge is -2.18. The van der Waals surface area contributed by atoms with E-state index in [1.807, 2.05) is 41.5 Å². The lowest BCUT2D eigenvalue weighted by atomic mass is 9.98. The summed E-state index contributed by atoms with van der Waals surface area (Å²) in [5.41, 5.74) is 4.76. The van der Waals surface area contributed by atoms with Gasteiger partial charge in [0.1, 0.15) is 11.3 Å². The first-order chi connectivity index (χ1) is 11.4. The van der Waals surface area contributed by atoms with Gasteiger partial charge < -0.3 is 14.1 Å². The molecule has 0 N–H and O–H groups in total. The summed E-state index contributed by atoms with van der Waals surface area (Å²) in [7, 11) is 0. The Hall–Kier alpha value is -2.23. The van der Waals surface area contributed by atoms with Crippen molar-refractivity contribution in [1.29, 1.82) is 0 Å². The maximum atomic E-state index is 12.4. The average molecular weight is 329 g/mol. The zero-order chi connectivity index (χ0) is 17.9. The monoisotopic (exact) mass is 329 g/mol. The first-order valence-corrected chi connectivity index (χ1v) is 8.56. The van der Waals surface area contributed by atoms with Crippen LogP contribution in [-0.2, 0) is 4.79 Å². The zero-order valence-electron chi connectivity index (χ0n) is 15.5. The van der Waals surface area contributed by atoms with Crippen LogP contribution in [0.5, 0.6) is 5.75 Å². The predicted octanol–water partition coefficient (Wildman–Crippen LogP) is 4.72. The molecule has 0 fully saturated rings. The minimum absolute atomic E-state index is 0.0293. The van der Waals surface area contributed by atoms with E-state index in [9.17, 15) is 4.79 Å². The van der Waals surface area contributed by atoms with Gasteiger partial charge in [-0.25, -0.2) is 0 Å². The van der Waals surface area contributed by atoms with Gasteiger partial charge in [0.25, 0.3) is 0 Å². The standard InChI is InChI=1S/C20H27NO3/c1-7-21(8-2)18(22)10-13(4)16-11-17-14(5)12-24-20(17)15(6)19(16)23-9-3/h10-12H,7-9H2,1-6H3/b13-10+. The Balaban J connectivity index is 2.58. The van der Waals surface area contributed by atoms with Gasteiger partial charge in [0.2, 0.25) is 5.91 Å². The van der Waals surface area contributed by atoms with Crippen molar-refractivity contribution >= 4 is 22.4 Å². The van der Waals surface area contributed by atoms with Crippen LogP contribution in [0.25, 0.3) is 16.5 Å². The third-order valence-corrected chi connectivity index (χ3v) is 4.37. The second-order valence-electron chi connectivity index (χ2n) is 5.94. The molecule has 1 amide bonds. The fraction of sp³-hybridized carbons (Fsp3) is 0.450. The van der Waals surface area contributed by atoms with Gasteiger partial charge in [-0.15, -0.1) is 0 Å². The van der Waals surface area contributed by atoms with Gasteiger partial charge in [-0.3, -0.25) is 4.79 Å². The number of rotatable bonds is 6. The number of hydrogen-bond donors (Lipinski definition) is 0. The molecule has 0 saturated heterocycles. The quantitative estimate of drug-likeness (QED) is 0.720. The van der Waals surface area contributed by atoms with Crippen molar-refractivity contribution in [3.63, 3.8) is 0 Å². The number of benzene rings is 1. The van der Waals surface area contributed by atoms with E-state index in [1.165, 1.54) is 0 Å². The molecule has 4 nitrogen and oxygen atoms in total. The molecule has 1 heterocycles. The van der Waals surface area contributed by atoms with Crippen molar-refractivity contribution in [2.24, 2.45) is 0 Å². The molecule has 0 spiro atoms. The molecule has 24 heavy (non-hydrogen) atoms. The van der Waals surface area contributed by atoms with Crippen molar-refractivity contribution in [2.45, 2.75) is 41.5 Å². The number of carbonyl (C=O) groups excluding carboxylic acids is 1. The maximum Gasteiger partial charge on any atom is 0.246 e. The zero-order valence-corrected chi connectivity index (χ0v) is 15.5. The summed E-state index contributed by atoms with van der Waals surface area (Å²) < 4.78 is 11.6. The Morgan fingerprint density at radius 1 is 1.25 bits per heavy atom. The molecule has 0 radical (unpaired) electrons. The minimum Gasteiger partial charge on any atom is -0.493 e. The molecule has 0 atom stereocenters. The third-order valence-electron chi connectivity index (χ3n) is 4.37.